The lowest BCUT2D eigenvalue weighted by Crippen LogP contribution is -2.37. The number of thiophene rings is 4. The number of nitrogens with one attached hydrogen (secondary N) is 3. The van der Waals surface area contributed by atoms with E-state index in [1.807, 2.05) is 36.4 Å². The second-order valence-electron chi connectivity index (χ2n) is 36.1. The van der Waals surface area contributed by atoms with Gasteiger partial charge in [-0.25, -0.2) is 58.0 Å². The molecule has 0 unspecified atom stereocenters. The molecule has 0 saturated carbocycles. The molecule has 0 spiro atoms. The van der Waals surface area contributed by atoms with Crippen molar-refractivity contribution in [1.29, 1.82) is 0 Å². The van der Waals surface area contributed by atoms with E-state index < -0.39 is 96.9 Å². The van der Waals surface area contributed by atoms with Gasteiger partial charge in [-0.2, -0.15) is 0 Å². The number of hydrogen-bond donors (Lipinski definition) is 3. The Labute approximate surface area is 900 Å². The number of carbonyl (C=O) groups excluding carboxylic acids is 4. The largest absolute Gasteiger partial charge is 0.385 e. The SMILES string of the molecule is O=C(Cc1ccc(-n2cnc3cc(NCCCN4CCCC4)ccc3c2=O)cc1)CS(=O)(=O)c1ccc(Cl)s1.O=C(Cc1ccc(-n2cnc3cc(NCCCN4CCCCC4)ccc3c2=O)cc1)CS(=O)(=O)c1ccc(Cl)s1.O=C(Cc1ccc(-n2cnc3cc(NCCCN4CCOCC4)ccc3c2=O)cc1)CS(=O)(=O)c1ccc(Cl)s1.O=C(Cc1ccc(-n2cnc3ccccc3c2=O)c(F)c1)CS(=O)(=O)c1ccc(Cl)s1. The predicted molar refractivity (Wildman–Crippen MR) is 592 cm³/mol. The Balaban J connectivity index is 0.000000143. The zero-order chi connectivity index (χ0) is 106. The first-order valence-corrected chi connectivity index (χ1v) is 59.5. The Bertz CT molecular complexity index is 8140. The number of aromatic nitrogens is 8. The summed E-state index contributed by atoms with van der Waals surface area (Å²) in [4.78, 5) is 127. The maximum atomic E-state index is 14.7. The van der Waals surface area contributed by atoms with Crippen LogP contribution in [0.1, 0.15) is 73.6 Å². The van der Waals surface area contributed by atoms with E-state index in [2.05, 4.69) is 50.6 Å². The average molecular weight is 2260 g/mol. The van der Waals surface area contributed by atoms with Gasteiger partial charge in [-0.05, 0) is 277 Å². The third-order valence-electron chi connectivity index (χ3n) is 25.0. The number of ether oxygens (including phenoxy) is 1. The van der Waals surface area contributed by atoms with Crippen molar-refractivity contribution >= 4 is 215 Å². The molecule has 19 rings (SSSR count). The molecular weight excluding hydrogens is 2160 g/mol. The number of hydrogen-bond acceptors (Lipinski definition) is 31. The van der Waals surface area contributed by atoms with Gasteiger partial charge in [0, 0.05) is 75.5 Å². The highest BCUT2D eigenvalue weighted by molar-refractivity contribution is 7.95. The van der Waals surface area contributed by atoms with Gasteiger partial charge in [-0.1, -0.05) is 107 Å². The molecule has 3 aliphatic heterocycles. The van der Waals surface area contributed by atoms with Gasteiger partial charge in [-0.15, -0.1) is 45.3 Å². The molecule has 782 valence electrons. The molecule has 8 aromatic carbocycles. The van der Waals surface area contributed by atoms with E-state index in [4.69, 9.17) is 51.1 Å². The lowest BCUT2D eigenvalue weighted by atomic mass is 10.1. The van der Waals surface area contributed by atoms with Crippen molar-refractivity contribution in [3.63, 3.8) is 0 Å². The Hall–Kier alpha value is -12.1. The molecule has 3 N–H and O–H groups in total. The van der Waals surface area contributed by atoms with Crippen LogP contribution < -0.4 is 38.2 Å². The first kappa shape index (κ1) is 111. The summed E-state index contributed by atoms with van der Waals surface area (Å²) in [5.74, 6) is -5.05. The summed E-state index contributed by atoms with van der Waals surface area (Å²) < 4.78 is 127. The van der Waals surface area contributed by atoms with Crippen molar-refractivity contribution in [2.45, 2.75) is 93.9 Å². The molecule has 0 amide bonds. The number of anilines is 3. The maximum Gasteiger partial charge on any atom is 0.265 e. The Morgan fingerprint density at radius 1 is 0.327 bits per heavy atom. The van der Waals surface area contributed by atoms with Crippen LogP contribution in [0.4, 0.5) is 21.5 Å². The summed E-state index contributed by atoms with van der Waals surface area (Å²) in [6, 6.07) is 59.6. The fourth-order valence-electron chi connectivity index (χ4n) is 17.4. The van der Waals surface area contributed by atoms with Gasteiger partial charge >= 0.3 is 0 Å². The number of benzene rings is 8. The van der Waals surface area contributed by atoms with Gasteiger partial charge in [0.05, 0.1) is 96.9 Å². The summed E-state index contributed by atoms with van der Waals surface area (Å²) in [6.45, 7) is 14.1. The van der Waals surface area contributed by atoms with Crippen LogP contribution in [0.2, 0.25) is 17.3 Å². The minimum atomic E-state index is -3.81. The summed E-state index contributed by atoms with van der Waals surface area (Å²) in [7, 11) is -15.0. The van der Waals surface area contributed by atoms with Gasteiger partial charge in [-0.3, -0.25) is 61.5 Å². The molecule has 44 heteroatoms. The first-order valence-electron chi connectivity index (χ1n) is 48.1. The smallest absolute Gasteiger partial charge is 0.265 e. The highest BCUT2D eigenvalue weighted by Crippen LogP contribution is 2.33. The molecule has 11 heterocycles. The summed E-state index contributed by atoms with van der Waals surface area (Å²) in [5, 5.41) is 12.2. The predicted octanol–water partition coefficient (Wildman–Crippen LogP) is 17.2. The topological polar surface area (TPSA) is 399 Å². The van der Waals surface area contributed by atoms with E-state index in [9.17, 15) is 76.4 Å². The lowest BCUT2D eigenvalue weighted by molar-refractivity contribution is -0.116. The number of ketones is 4. The van der Waals surface area contributed by atoms with Gasteiger partial charge < -0.3 is 30.5 Å². The Morgan fingerprint density at radius 3 is 0.953 bits per heavy atom. The van der Waals surface area contributed by atoms with E-state index in [0.717, 1.165) is 158 Å². The molecule has 150 heavy (non-hydrogen) atoms. The number of Topliss-reactive ketones (excluding diaryl/α,β-unsaturated/α-hetero) is 4. The molecule has 31 nitrogen and oxygen atoms in total. The zero-order valence-electron chi connectivity index (χ0n) is 80.8. The molecule has 0 aliphatic carbocycles. The van der Waals surface area contributed by atoms with Crippen LogP contribution in [0.5, 0.6) is 0 Å². The number of morpholine rings is 1. The van der Waals surface area contributed by atoms with Crippen LogP contribution in [0, 0.1) is 5.82 Å². The van der Waals surface area contributed by atoms with Crippen molar-refractivity contribution in [3.8, 4) is 22.7 Å². The van der Waals surface area contributed by atoms with Crippen LogP contribution in [-0.2, 0) is 88.9 Å². The second-order valence-corrected chi connectivity index (χ2v) is 51.8. The highest BCUT2D eigenvalue weighted by atomic mass is 35.5. The van der Waals surface area contributed by atoms with Crippen molar-refractivity contribution in [2.75, 3.05) is 131 Å². The normalized spacial score (nSPS) is 13.8. The molecular formula is C106H103Cl4FN14O17S8. The van der Waals surface area contributed by atoms with Crippen LogP contribution in [0.25, 0.3) is 66.4 Å². The molecule has 8 aromatic heterocycles. The summed E-state index contributed by atoms with van der Waals surface area (Å²) in [5.41, 5.74) is 8.21. The van der Waals surface area contributed by atoms with Crippen LogP contribution >= 0.6 is 91.8 Å². The molecule has 0 radical (unpaired) electrons. The highest BCUT2D eigenvalue weighted by Gasteiger charge is 2.28. The zero-order valence-corrected chi connectivity index (χ0v) is 90.4. The van der Waals surface area contributed by atoms with Gasteiger partial charge in [0.25, 0.3) is 22.2 Å². The third kappa shape index (κ3) is 29.6. The van der Waals surface area contributed by atoms with Gasteiger partial charge in [0.1, 0.15) is 71.0 Å². The number of halogens is 5. The second kappa shape index (κ2) is 50.9. The number of carbonyl (C=O) groups is 4. The Morgan fingerprint density at radius 2 is 0.620 bits per heavy atom. The molecule has 3 aliphatic rings. The molecule has 0 atom stereocenters. The molecule has 3 fully saturated rings. The minimum absolute atomic E-state index is 0.00978. The van der Waals surface area contributed by atoms with E-state index in [-0.39, 0.29) is 64.9 Å². The number of para-hydroxylation sites is 1. The van der Waals surface area contributed by atoms with Gasteiger partial charge in [0.15, 0.2) is 62.5 Å². The summed E-state index contributed by atoms with van der Waals surface area (Å²) in [6.07, 6.45) is 15.0. The number of piperidine rings is 1. The van der Waals surface area contributed by atoms with E-state index in [1.54, 1.807) is 115 Å². The van der Waals surface area contributed by atoms with Crippen LogP contribution in [0.3, 0.4) is 0 Å². The molecule has 0 bridgehead atoms. The van der Waals surface area contributed by atoms with Crippen molar-refractivity contribution in [3.05, 3.63) is 331 Å². The monoisotopic (exact) mass is 2260 g/mol. The first-order chi connectivity index (χ1) is 72.1. The van der Waals surface area contributed by atoms with Crippen LogP contribution in [-0.4, -0.2) is 224 Å². The van der Waals surface area contributed by atoms with Crippen molar-refractivity contribution in [2.24, 2.45) is 0 Å². The van der Waals surface area contributed by atoms with Crippen molar-refractivity contribution < 1.29 is 62.0 Å². The maximum absolute atomic E-state index is 14.7. The van der Waals surface area contributed by atoms with E-state index in [0.29, 0.717) is 100 Å². The minimum Gasteiger partial charge on any atom is -0.385 e. The Kier molecular flexibility index (Phi) is 37.5. The number of fused-ring (bicyclic) bond motifs is 4. The quantitative estimate of drug-likeness (QED) is 0.0301. The number of rotatable bonds is 39. The standard InChI is InChI=1S/C29H31ClN4O4S2.C28H29ClN4O5S2.C28H29ClN4O4S2.C21H14ClFN2O4S2/c30-27-11-12-28(39-27)40(37,38)19-24(35)17-21-5-8-23(9-6-21)34-20-32-26-18-22(7-10-25(26)29(34)36)31-13-4-16-33-14-2-1-3-15-33;29-26-8-9-27(39-26)40(36,37)18-23(34)16-20-2-5-22(6-3-20)33-19-31-25-17-21(4-7-24(25)28(33)35)30-10-1-11-32-12-14-38-15-13-32;29-26-10-11-27(38-26)39(36,37)18-23(34)16-20-4-7-22(8-5-20)33-19-31-25-17-21(6-9-24(25)28(33)35)30-12-3-15-32-13-1-2-14-32;22-19-7-8-20(30-19)31(28,29)11-14(26)9-13-5-6-18(16(23)10-13)25-12-24-17-4-2-1-3-15(17)21(25)27/h5-12,18,20,31H,1-4,13-17,19H2;2-9,17,19,30H,1,10-16,18H2;4-11,17,19,30H,1-3,12-16,18H2;1-8,10,12H,9,11H2. The summed E-state index contributed by atoms with van der Waals surface area (Å²) >= 11 is 26.9. The van der Waals surface area contributed by atoms with E-state index >= 15 is 0 Å². The third-order valence-corrected chi connectivity index (χ3v) is 38.9. The number of likely N-dealkylation sites (tertiary alicyclic amines) is 2. The fourth-order valence-corrected chi connectivity index (χ4v) is 28.6. The van der Waals surface area contributed by atoms with Gasteiger partial charge in [0.2, 0.25) is 0 Å². The van der Waals surface area contributed by atoms with E-state index in [1.165, 1.54) is 158 Å². The molecule has 3 saturated heterocycles. The fraction of sp³-hybridized carbons (Fsp3) is 0.283. The molecule has 16 aromatic rings. The van der Waals surface area contributed by atoms with Crippen molar-refractivity contribution in [1.82, 2.24) is 52.9 Å². The van der Waals surface area contributed by atoms with Crippen LogP contribution in [0.15, 0.2) is 280 Å². The lowest BCUT2D eigenvalue weighted by Gasteiger charge is -2.26. The number of sulfone groups is 4. The average Bonchev–Trinajstić information content (AvgIpc) is 1.29. The number of nitrogens with zero attached hydrogens (tertiary/aromatic N) is 11.